The van der Waals surface area contributed by atoms with Crippen molar-refractivity contribution in [1.29, 1.82) is 0 Å². The molecule has 0 aromatic carbocycles. The second-order valence-corrected chi connectivity index (χ2v) is 6.61. The number of nitrogens with one attached hydrogen (secondary N) is 1. The summed E-state index contributed by atoms with van der Waals surface area (Å²) in [7, 11) is 0. The largest absolute Gasteiger partial charge is 0.343 e. The number of nitrogens with zero attached hydrogens (tertiary/aromatic N) is 2. The van der Waals surface area contributed by atoms with E-state index in [0.717, 1.165) is 9.88 Å². The zero-order valence-corrected chi connectivity index (χ0v) is 12.3. The molecule has 1 atom stereocenters. The molecule has 5 nitrogen and oxygen atoms in total. The van der Waals surface area contributed by atoms with Gasteiger partial charge in [-0.1, -0.05) is 13.8 Å². The van der Waals surface area contributed by atoms with E-state index in [1.807, 2.05) is 20.8 Å². The first kappa shape index (κ1) is 14.0. The third-order valence-corrected chi connectivity index (χ3v) is 3.90. The molecule has 2 amide bonds. The first-order valence-electron chi connectivity index (χ1n) is 6.45. The van der Waals surface area contributed by atoms with Gasteiger partial charge < -0.3 is 10.2 Å². The quantitative estimate of drug-likeness (QED) is 0.905. The number of piperazine rings is 1. The minimum Gasteiger partial charge on any atom is -0.343 e. The Morgan fingerprint density at radius 1 is 1.53 bits per heavy atom. The standard InChI is InChI=1S/C13H19N3O2S/c1-8(2)4-11-13(18)16(7-12(17)15-11)6-10-5-14-9(3)19-10/h5,8,11H,4,6-7H2,1-3H3,(H,15,17). The molecule has 0 bridgehead atoms. The van der Waals surface area contributed by atoms with Crippen molar-refractivity contribution in [3.05, 3.63) is 16.1 Å². The number of carbonyl (C=O) groups is 2. The second-order valence-electron chi connectivity index (χ2n) is 5.29. The van der Waals surface area contributed by atoms with E-state index in [0.29, 0.717) is 18.9 Å². The number of thiazole rings is 1. The van der Waals surface area contributed by atoms with E-state index in [1.54, 1.807) is 22.4 Å². The molecule has 2 heterocycles. The monoisotopic (exact) mass is 281 g/mol. The number of aromatic nitrogens is 1. The summed E-state index contributed by atoms with van der Waals surface area (Å²) in [4.78, 5) is 30.8. The molecule has 2 rings (SSSR count). The number of amides is 2. The van der Waals surface area contributed by atoms with Crippen molar-refractivity contribution in [3.8, 4) is 0 Å². The van der Waals surface area contributed by atoms with Gasteiger partial charge in [0.15, 0.2) is 0 Å². The lowest BCUT2D eigenvalue weighted by atomic mass is 10.0. The molecule has 1 fully saturated rings. The van der Waals surface area contributed by atoms with Crippen LogP contribution in [0.25, 0.3) is 0 Å². The highest BCUT2D eigenvalue weighted by Crippen LogP contribution is 2.18. The summed E-state index contributed by atoms with van der Waals surface area (Å²) in [6, 6.07) is -0.379. The Balaban J connectivity index is 2.06. The van der Waals surface area contributed by atoms with Gasteiger partial charge in [-0.2, -0.15) is 0 Å². The predicted octanol–water partition coefficient (Wildman–Crippen LogP) is 1.32. The minimum atomic E-state index is -0.379. The molecule has 19 heavy (non-hydrogen) atoms. The van der Waals surface area contributed by atoms with E-state index < -0.39 is 0 Å². The Bertz CT molecular complexity index is 484. The number of aryl methyl sites for hydroxylation is 1. The molecular formula is C13H19N3O2S. The lowest BCUT2D eigenvalue weighted by Crippen LogP contribution is -2.57. The Kier molecular flexibility index (Phi) is 4.19. The molecule has 0 aliphatic carbocycles. The number of hydrogen-bond acceptors (Lipinski definition) is 4. The molecule has 1 aliphatic rings. The third kappa shape index (κ3) is 3.53. The number of carbonyl (C=O) groups excluding carboxylic acids is 2. The van der Waals surface area contributed by atoms with Crippen LogP contribution in [-0.4, -0.2) is 34.3 Å². The lowest BCUT2D eigenvalue weighted by Gasteiger charge is -2.32. The van der Waals surface area contributed by atoms with Crippen LogP contribution in [0, 0.1) is 12.8 Å². The Hall–Kier alpha value is -1.43. The molecule has 1 aromatic rings. The van der Waals surface area contributed by atoms with Gasteiger partial charge in [0.1, 0.15) is 6.04 Å². The highest BCUT2D eigenvalue weighted by atomic mass is 32.1. The highest BCUT2D eigenvalue weighted by Gasteiger charge is 2.32. The van der Waals surface area contributed by atoms with Crippen molar-refractivity contribution < 1.29 is 9.59 Å². The fourth-order valence-electron chi connectivity index (χ4n) is 2.20. The number of rotatable bonds is 4. The zero-order valence-electron chi connectivity index (χ0n) is 11.5. The van der Waals surface area contributed by atoms with Crippen LogP contribution < -0.4 is 5.32 Å². The van der Waals surface area contributed by atoms with Gasteiger partial charge >= 0.3 is 0 Å². The van der Waals surface area contributed by atoms with E-state index >= 15 is 0 Å². The lowest BCUT2D eigenvalue weighted by molar-refractivity contribution is -0.145. The van der Waals surface area contributed by atoms with Crippen LogP contribution in [0.1, 0.15) is 30.2 Å². The number of hydrogen-bond donors (Lipinski definition) is 1. The van der Waals surface area contributed by atoms with Gasteiger partial charge in [0.2, 0.25) is 11.8 Å². The summed E-state index contributed by atoms with van der Waals surface area (Å²) in [5, 5.41) is 3.75. The molecule has 1 unspecified atom stereocenters. The summed E-state index contributed by atoms with van der Waals surface area (Å²) >= 11 is 1.56. The van der Waals surface area contributed by atoms with Gasteiger partial charge in [0, 0.05) is 11.1 Å². The van der Waals surface area contributed by atoms with Gasteiger partial charge in [-0.3, -0.25) is 9.59 Å². The second kappa shape index (κ2) is 5.69. The van der Waals surface area contributed by atoms with Crippen molar-refractivity contribution in [2.45, 2.75) is 39.8 Å². The van der Waals surface area contributed by atoms with Crippen molar-refractivity contribution >= 4 is 23.2 Å². The van der Waals surface area contributed by atoms with E-state index in [2.05, 4.69) is 10.3 Å². The first-order chi connectivity index (χ1) is 8.95. The molecular weight excluding hydrogens is 262 g/mol. The van der Waals surface area contributed by atoms with Crippen LogP contribution in [0.3, 0.4) is 0 Å². The van der Waals surface area contributed by atoms with Crippen LogP contribution in [0.2, 0.25) is 0 Å². The van der Waals surface area contributed by atoms with E-state index in [9.17, 15) is 9.59 Å². The summed E-state index contributed by atoms with van der Waals surface area (Å²) in [6.07, 6.45) is 2.46. The van der Waals surface area contributed by atoms with Gasteiger partial charge in [0.05, 0.1) is 18.1 Å². The third-order valence-electron chi connectivity index (χ3n) is 3.00. The average molecular weight is 281 g/mol. The van der Waals surface area contributed by atoms with Crippen LogP contribution in [-0.2, 0) is 16.1 Å². The molecule has 104 valence electrons. The average Bonchev–Trinajstić information content (AvgIpc) is 2.70. The predicted molar refractivity (Wildman–Crippen MR) is 73.7 cm³/mol. The van der Waals surface area contributed by atoms with Crippen LogP contribution in [0.4, 0.5) is 0 Å². The molecule has 6 heteroatoms. The summed E-state index contributed by atoms with van der Waals surface area (Å²) in [6.45, 7) is 6.65. The molecule has 1 N–H and O–H groups in total. The molecule has 0 radical (unpaired) electrons. The topological polar surface area (TPSA) is 62.3 Å². The van der Waals surface area contributed by atoms with E-state index in [4.69, 9.17) is 0 Å². The fraction of sp³-hybridized carbons (Fsp3) is 0.615. The highest BCUT2D eigenvalue weighted by molar-refractivity contribution is 7.11. The van der Waals surface area contributed by atoms with Gasteiger partial charge in [0.25, 0.3) is 0 Å². The van der Waals surface area contributed by atoms with E-state index in [1.165, 1.54) is 0 Å². The molecule has 1 aromatic heterocycles. The van der Waals surface area contributed by atoms with Crippen molar-refractivity contribution in [1.82, 2.24) is 15.2 Å². The van der Waals surface area contributed by atoms with Crippen molar-refractivity contribution in [2.75, 3.05) is 6.54 Å². The molecule has 0 spiro atoms. The normalized spacial score (nSPS) is 20.0. The minimum absolute atomic E-state index is 0.0133. The fourth-order valence-corrected chi connectivity index (χ4v) is 3.02. The van der Waals surface area contributed by atoms with E-state index in [-0.39, 0.29) is 24.4 Å². The summed E-state index contributed by atoms with van der Waals surface area (Å²) in [5.41, 5.74) is 0. The Labute approximate surface area is 117 Å². The van der Waals surface area contributed by atoms with Gasteiger partial charge in [-0.05, 0) is 19.3 Å². The van der Waals surface area contributed by atoms with Crippen molar-refractivity contribution in [3.63, 3.8) is 0 Å². The molecule has 1 saturated heterocycles. The summed E-state index contributed by atoms with van der Waals surface area (Å²) < 4.78 is 0. The summed E-state index contributed by atoms with van der Waals surface area (Å²) in [5.74, 6) is 0.311. The van der Waals surface area contributed by atoms with Crippen molar-refractivity contribution in [2.24, 2.45) is 5.92 Å². The Morgan fingerprint density at radius 3 is 2.84 bits per heavy atom. The first-order valence-corrected chi connectivity index (χ1v) is 7.27. The smallest absolute Gasteiger partial charge is 0.245 e. The zero-order chi connectivity index (χ0) is 14.0. The Morgan fingerprint density at radius 2 is 2.26 bits per heavy atom. The van der Waals surface area contributed by atoms with Gasteiger partial charge in [-0.15, -0.1) is 11.3 Å². The maximum Gasteiger partial charge on any atom is 0.245 e. The van der Waals surface area contributed by atoms with Gasteiger partial charge in [-0.25, -0.2) is 4.98 Å². The SMILES string of the molecule is Cc1ncc(CN2CC(=O)NC(CC(C)C)C2=O)s1. The molecule has 0 saturated carbocycles. The van der Waals surface area contributed by atoms with Crippen LogP contribution >= 0.6 is 11.3 Å². The maximum atomic E-state index is 12.3. The molecule has 1 aliphatic heterocycles. The van der Waals surface area contributed by atoms with Crippen LogP contribution in [0.5, 0.6) is 0 Å². The maximum absolute atomic E-state index is 12.3. The van der Waals surface area contributed by atoms with Crippen LogP contribution in [0.15, 0.2) is 6.20 Å².